The molecule has 1 aliphatic rings. The van der Waals surface area contributed by atoms with Gasteiger partial charge in [0.15, 0.2) is 11.6 Å². The van der Waals surface area contributed by atoms with Crippen LogP contribution in [0.4, 0.5) is 20.2 Å². The van der Waals surface area contributed by atoms with Crippen LogP contribution in [0.1, 0.15) is 6.42 Å². The second-order valence-corrected chi connectivity index (χ2v) is 4.07. The number of carbonyl (C=O) groups is 2. The molecular formula is C11H10F2N2O3. The molecule has 0 spiro atoms. The number of nitrogen functional groups attached to an aromatic ring is 1. The number of aliphatic carboxylic acids is 1. The van der Waals surface area contributed by atoms with Crippen LogP contribution in [-0.2, 0) is 9.59 Å². The van der Waals surface area contributed by atoms with Crippen molar-refractivity contribution in [3.63, 3.8) is 0 Å². The minimum absolute atomic E-state index is 0.00245. The highest BCUT2D eigenvalue weighted by Crippen LogP contribution is 2.31. The van der Waals surface area contributed by atoms with Crippen molar-refractivity contribution in [2.45, 2.75) is 6.42 Å². The van der Waals surface area contributed by atoms with Gasteiger partial charge in [-0.05, 0) is 0 Å². The van der Waals surface area contributed by atoms with Crippen LogP contribution >= 0.6 is 0 Å². The Hall–Kier alpha value is -2.18. The van der Waals surface area contributed by atoms with E-state index in [1.54, 1.807) is 0 Å². The molecule has 3 N–H and O–H groups in total. The minimum atomic E-state index is -1.13. The Morgan fingerprint density at radius 2 is 2.00 bits per heavy atom. The van der Waals surface area contributed by atoms with Gasteiger partial charge in [-0.1, -0.05) is 0 Å². The van der Waals surface area contributed by atoms with E-state index < -0.39 is 29.4 Å². The Morgan fingerprint density at radius 3 is 2.56 bits per heavy atom. The van der Waals surface area contributed by atoms with E-state index >= 15 is 0 Å². The van der Waals surface area contributed by atoms with Crippen LogP contribution in [0, 0.1) is 17.6 Å². The van der Waals surface area contributed by atoms with Gasteiger partial charge in [-0.2, -0.15) is 0 Å². The van der Waals surface area contributed by atoms with Crippen LogP contribution in [0.3, 0.4) is 0 Å². The van der Waals surface area contributed by atoms with Gasteiger partial charge in [0, 0.05) is 25.1 Å². The van der Waals surface area contributed by atoms with E-state index in [1.807, 2.05) is 0 Å². The summed E-state index contributed by atoms with van der Waals surface area (Å²) >= 11 is 0. The molecule has 0 radical (unpaired) electrons. The fraction of sp³-hybridized carbons (Fsp3) is 0.273. The monoisotopic (exact) mass is 256 g/mol. The van der Waals surface area contributed by atoms with Gasteiger partial charge in [0.1, 0.15) is 0 Å². The van der Waals surface area contributed by atoms with E-state index in [-0.39, 0.29) is 24.3 Å². The highest BCUT2D eigenvalue weighted by Gasteiger charge is 2.36. The number of hydrogen-bond donors (Lipinski definition) is 2. The van der Waals surface area contributed by atoms with Gasteiger partial charge < -0.3 is 15.7 Å². The van der Waals surface area contributed by atoms with Crippen molar-refractivity contribution in [2.75, 3.05) is 17.2 Å². The van der Waals surface area contributed by atoms with E-state index in [0.717, 1.165) is 17.0 Å². The standard InChI is InChI=1S/C11H10F2N2O3/c12-6-2-8(14)9(3-7(6)13)15-4-5(11(17)18)1-10(15)16/h2-3,5H,1,4,14H2,(H,17,18). The Labute approximate surface area is 101 Å². The van der Waals surface area contributed by atoms with Crippen LogP contribution in [0.5, 0.6) is 0 Å². The predicted molar refractivity (Wildman–Crippen MR) is 58.9 cm³/mol. The molecule has 1 amide bonds. The van der Waals surface area contributed by atoms with Gasteiger partial charge in [0.2, 0.25) is 5.91 Å². The second-order valence-electron chi connectivity index (χ2n) is 4.07. The first-order chi connectivity index (χ1) is 8.40. The molecule has 96 valence electrons. The number of halogens is 2. The number of amides is 1. The van der Waals surface area contributed by atoms with Crippen molar-refractivity contribution in [1.82, 2.24) is 0 Å². The number of carbonyl (C=O) groups excluding carboxylic acids is 1. The molecule has 1 atom stereocenters. The maximum Gasteiger partial charge on any atom is 0.308 e. The van der Waals surface area contributed by atoms with E-state index in [0.29, 0.717) is 0 Å². The van der Waals surface area contributed by atoms with Crippen LogP contribution in [0.25, 0.3) is 0 Å². The molecule has 1 aromatic carbocycles. The molecule has 7 heteroatoms. The lowest BCUT2D eigenvalue weighted by atomic mass is 10.1. The van der Waals surface area contributed by atoms with E-state index in [4.69, 9.17) is 10.8 Å². The highest BCUT2D eigenvalue weighted by atomic mass is 19.2. The maximum absolute atomic E-state index is 13.1. The Morgan fingerprint density at radius 1 is 1.39 bits per heavy atom. The number of nitrogens with two attached hydrogens (primary N) is 1. The van der Waals surface area contributed by atoms with Gasteiger partial charge in [0.25, 0.3) is 0 Å². The van der Waals surface area contributed by atoms with Gasteiger partial charge in [-0.3, -0.25) is 9.59 Å². The third-order valence-electron chi connectivity index (χ3n) is 2.83. The lowest BCUT2D eigenvalue weighted by Gasteiger charge is -2.18. The molecule has 18 heavy (non-hydrogen) atoms. The summed E-state index contributed by atoms with van der Waals surface area (Å²) in [7, 11) is 0. The smallest absolute Gasteiger partial charge is 0.308 e. The molecular weight excluding hydrogens is 246 g/mol. The Bertz CT molecular complexity index is 533. The Kier molecular flexibility index (Phi) is 2.90. The second kappa shape index (κ2) is 4.25. The molecule has 0 aliphatic carbocycles. The summed E-state index contributed by atoms with van der Waals surface area (Å²) < 4.78 is 26.0. The number of benzene rings is 1. The number of anilines is 2. The van der Waals surface area contributed by atoms with Crippen LogP contribution in [0.15, 0.2) is 12.1 Å². The largest absolute Gasteiger partial charge is 0.481 e. The molecule has 1 fully saturated rings. The molecule has 1 saturated heterocycles. The van der Waals surface area contributed by atoms with E-state index in [9.17, 15) is 18.4 Å². The van der Waals surface area contributed by atoms with Crippen LogP contribution in [0.2, 0.25) is 0 Å². The lowest BCUT2D eigenvalue weighted by molar-refractivity contribution is -0.141. The zero-order chi connectivity index (χ0) is 13.4. The summed E-state index contributed by atoms with van der Waals surface area (Å²) in [5.41, 5.74) is 5.40. The molecule has 0 bridgehead atoms. The number of nitrogens with zero attached hydrogens (tertiary/aromatic N) is 1. The molecule has 1 unspecified atom stereocenters. The fourth-order valence-corrected chi connectivity index (χ4v) is 1.89. The van der Waals surface area contributed by atoms with Crippen molar-refractivity contribution < 1.29 is 23.5 Å². The maximum atomic E-state index is 13.1. The SMILES string of the molecule is Nc1cc(F)c(F)cc1N1CC(C(=O)O)CC1=O. The van der Waals surface area contributed by atoms with Crippen molar-refractivity contribution in [1.29, 1.82) is 0 Å². The first kappa shape index (κ1) is 12.3. The number of carboxylic acid groups (broad SMARTS) is 1. The third-order valence-corrected chi connectivity index (χ3v) is 2.83. The van der Waals surface area contributed by atoms with Crippen LogP contribution in [-0.4, -0.2) is 23.5 Å². The first-order valence-corrected chi connectivity index (χ1v) is 5.18. The molecule has 0 aromatic heterocycles. The molecule has 1 aromatic rings. The van der Waals surface area contributed by atoms with Crippen molar-refractivity contribution in [2.24, 2.45) is 5.92 Å². The number of rotatable bonds is 2. The first-order valence-electron chi connectivity index (χ1n) is 5.18. The average Bonchev–Trinajstić information content (AvgIpc) is 2.66. The van der Waals surface area contributed by atoms with E-state index in [2.05, 4.69) is 0 Å². The Balaban J connectivity index is 2.35. The predicted octanol–water partition coefficient (Wildman–Crippen LogP) is 0.985. The van der Waals surface area contributed by atoms with E-state index in [1.165, 1.54) is 0 Å². The number of carboxylic acids is 1. The zero-order valence-electron chi connectivity index (χ0n) is 9.19. The summed E-state index contributed by atoms with van der Waals surface area (Å²) in [6.07, 6.45) is -0.173. The summed E-state index contributed by atoms with van der Waals surface area (Å²) in [5, 5.41) is 8.82. The van der Waals surface area contributed by atoms with Gasteiger partial charge in [-0.25, -0.2) is 8.78 Å². The van der Waals surface area contributed by atoms with Crippen molar-refractivity contribution >= 4 is 23.3 Å². The van der Waals surface area contributed by atoms with Crippen molar-refractivity contribution in [3.05, 3.63) is 23.8 Å². The normalized spacial score (nSPS) is 19.3. The minimum Gasteiger partial charge on any atom is -0.481 e. The highest BCUT2D eigenvalue weighted by molar-refractivity contribution is 6.01. The van der Waals surface area contributed by atoms with Gasteiger partial charge in [-0.15, -0.1) is 0 Å². The number of hydrogen-bond acceptors (Lipinski definition) is 3. The average molecular weight is 256 g/mol. The molecule has 2 rings (SSSR count). The molecule has 1 heterocycles. The molecule has 0 saturated carbocycles. The van der Waals surface area contributed by atoms with Crippen molar-refractivity contribution in [3.8, 4) is 0 Å². The summed E-state index contributed by atoms with van der Waals surface area (Å²) in [4.78, 5) is 23.5. The molecule has 5 nitrogen and oxygen atoms in total. The molecule has 1 aliphatic heterocycles. The lowest BCUT2D eigenvalue weighted by Crippen LogP contribution is -2.26. The topological polar surface area (TPSA) is 83.6 Å². The van der Waals surface area contributed by atoms with Gasteiger partial charge in [0.05, 0.1) is 17.3 Å². The zero-order valence-corrected chi connectivity index (χ0v) is 9.19. The summed E-state index contributed by atoms with van der Waals surface area (Å²) in [6.45, 7) is -0.0938. The van der Waals surface area contributed by atoms with Gasteiger partial charge >= 0.3 is 5.97 Å². The van der Waals surface area contributed by atoms with Crippen LogP contribution < -0.4 is 10.6 Å². The fourth-order valence-electron chi connectivity index (χ4n) is 1.89. The summed E-state index contributed by atoms with van der Waals surface area (Å²) in [5.74, 6) is -4.68. The quantitative estimate of drug-likeness (QED) is 0.773. The third kappa shape index (κ3) is 1.99. The summed E-state index contributed by atoms with van der Waals surface area (Å²) in [6, 6.07) is 1.57.